The number of hydrogen-bond donors (Lipinski definition) is 2. The second-order valence-electron chi connectivity index (χ2n) is 2.88. The number of fused-ring (bicyclic) bond motifs is 1. The zero-order valence-electron chi connectivity index (χ0n) is 6.97. The Kier molecular flexibility index (Phi) is 3.00. The molecule has 3 nitrogen and oxygen atoms in total. The van der Waals surface area contributed by atoms with E-state index in [9.17, 15) is 0 Å². The van der Waals surface area contributed by atoms with Crippen molar-refractivity contribution in [3.05, 3.63) is 19.8 Å². The van der Waals surface area contributed by atoms with Crippen molar-refractivity contribution in [1.82, 2.24) is 5.48 Å². The summed E-state index contributed by atoms with van der Waals surface area (Å²) >= 11 is 5.25. The van der Waals surface area contributed by atoms with Gasteiger partial charge in [0.2, 0.25) is 0 Å². The molecule has 0 aromatic carbocycles. The van der Waals surface area contributed by atoms with Gasteiger partial charge in [-0.2, -0.15) is 0 Å². The Labute approximate surface area is 88.8 Å². The maximum Gasteiger partial charge on any atom is 0.0739 e. The van der Waals surface area contributed by atoms with Crippen LogP contribution in [0.5, 0.6) is 0 Å². The molecule has 2 rings (SSSR count). The van der Waals surface area contributed by atoms with Crippen LogP contribution >= 0.6 is 27.3 Å². The molecule has 0 aliphatic carbocycles. The lowest BCUT2D eigenvalue weighted by Crippen LogP contribution is -2.07. The molecular weight excluding hydrogens is 254 g/mol. The molecule has 0 radical (unpaired) electrons. The lowest BCUT2D eigenvalue weighted by Gasteiger charge is -2.11. The van der Waals surface area contributed by atoms with Crippen molar-refractivity contribution in [2.45, 2.75) is 19.6 Å². The fraction of sp³-hybridized carbons (Fsp3) is 0.500. The second kappa shape index (κ2) is 4.06. The zero-order chi connectivity index (χ0) is 9.26. The summed E-state index contributed by atoms with van der Waals surface area (Å²) in [5.74, 6) is 0. The van der Waals surface area contributed by atoms with Crippen LogP contribution in [-0.2, 0) is 24.3 Å². The number of rotatable bonds is 2. The summed E-state index contributed by atoms with van der Waals surface area (Å²) in [6.07, 6.45) is 0.990. The van der Waals surface area contributed by atoms with Crippen LogP contribution < -0.4 is 5.48 Å². The number of halogens is 1. The molecule has 0 spiro atoms. The van der Waals surface area contributed by atoms with Crippen LogP contribution in [0.4, 0.5) is 0 Å². The summed E-state index contributed by atoms with van der Waals surface area (Å²) in [6.45, 7) is 2.00. The van der Waals surface area contributed by atoms with E-state index in [1.54, 1.807) is 11.3 Å². The lowest BCUT2D eigenvalue weighted by molar-refractivity contribution is 0.111. The summed E-state index contributed by atoms with van der Waals surface area (Å²) in [5, 5.41) is 8.61. The Hall–Kier alpha value is 0.0600. The fourth-order valence-electron chi connectivity index (χ4n) is 1.42. The first-order valence-electron chi connectivity index (χ1n) is 4.06. The number of ether oxygens (including phenoxy) is 1. The zero-order valence-corrected chi connectivity index (χ0v) is 9.37. The number of hydroxylamine groups is 1. The summed E-state index contributed by atoms with van der Waals surface area (Å²) in [4.78, 5) is 2.52. The standard InChI is InChI=1S/C8H10BrNO2S/c9-8-5-4-12-2-1-6(5)13-7(8)3-10-11/h10-11H,1-4H2. The van der Waals surface area contributed by atoms with Gasteiger partial charge in [0, 0.05) is 26.2 Å². The van der Waals surface area contributed by atoms with E-state index < -0.39 is 0 Å². The van der Waals surface area contributed by atoms with Gasteiger partial charge in [-0.05, 0) is 15.9 Å². The van der Waals surface area contributed by atoms with E-state index in [1.165, 1.54) is 10.4 Å². The van der Waals surface area contributed by atoms with Crippen molar-refractivity contribution in [1.29, 1.82) is 0 Å². The number of hydrogen-bond acceptors (Lipinski definition) is 4. The van der Waals surface area contributed by atoms with E-state index in [2.05, 4.69) is 21.4 Å². The lowest BCUT2D eigenvalue weighted by atomic mass is 10.2. The van der Waals surface area contributed by atoms with Gasteiger partial charge in [0.1, 0.15) is 0 Å². The third-order valence-electron chi connectivity index (χ3n) is 2.05. The molecule has 0 bridgehead atoms. The molecule has 0 saturated carbocycles. The van der Waals surface area contributed by atoms with Gasteiger partial charge in [-0.15, -0.1) is 11.3 Å². The van der Waals surface area contributed by atoms with Gasteiger partial charge in [0.15, 0.2) is 0 Å². The smallest absolute Gasteiger partial charge is 0.0739 e. The van der Waals surface area contributed by atoms with Gasteiger partial charge in [-0.1, -0.05) is 0 Å². The monoisotopic (exact) mass is 263 g/mol. The SMILES string of the molecule is ONCc1sc2c(c1Br)COCC2. The second-order valence-corrected chi connectivity index (χ2v) is 4.86. The summed E-state index contributed by atoms with van der Waals surface area (Å²) in [5.41, 5.74) is 3.42. The Morgan fingerprint density at radius 3 is 3.15 bits per heavy atom. The highest BCUT2D eigenvalue weighted by Crippen LogP contribution is 2.35. The fourth-order valence-corrected chi connectivity index (χ4v) is 3.40. The highest BCUT2D eigenvalue weighted by atomic mass is 79.9. The maximum atomic E-state index is 8.61. The van der Waals surface area contributed by atoms with Crippen molar-refractivity contribution >= 4 is 27.3 Å². The minimum absolute atomic E-state index is 0.498. The van der Waals surface area contributed by atoms with Gasteiger partial charge < -0.3 is 9.94 Å². The van der Waals surface area contributed by atoms with E-state index in [0.29, 0.717) is 13.2 Å². The van der Waals surface area contributed by atoms with Gasteiger partial charge in [-0.3, -0.25) is 0 Å². The first-order valence-corrected chi connectivity index (χ1v) is 5.67. The van der Waals surface area contributed by atoms with E-state index in [-0.39, 0.29) is 0 Å². The minimum Gasteiger partial charge on any atom is -0.376 e. The number of nitrogens with one attached hydrogen (secondary N) is 1. The average molecular weight is 264 g/mol. The molecule has 0 amide bonds. The molecular formula is C8H10BrNO2S. The molecule has 72 valence electrons. The van der Waals surface area contributed by atoms with Crippen molar-refractivity contribution < 1.29 is 9.94 Å². The molecule has 5 heteroatoms. The Morgan fingerprint density at radius 2 is 2.46 bits per heavy atom. The van der Waals surface area contributed by atoms with Crippen molar-refractivity contribution in [2.24, 2.45) is 0 Å². The molecule has 0 fully saturated rings. The van der Waals surface area contributed by atoms with Crippen molar-refractivity contribution in [3.63, 3.8) is 0 Å². The molecule has 0 atom stereocenters. The average Bonchev–Trinajstić information content (AvgIpc) is 2.46. The van der Waals surface area contributed by atoms with E-state index >= 15 is 0 Å². The predicted molar refractivity (Wildman–Crippen MR) is 54.0 cm³/mol. The molecule has 2 N–H and O–H groups in total. The van der Waals surface area contributed by atoms with Crippen molar-refractivity contribution in [2.75, 3.05) is 6.61 Å². The highest BCUT2D eigenvalue weighted by Gasteiger charge is 2.18. The van der Waals surface area contributed by atoms with E-state index in [1.807, 2.05) is 0 Å². The molecule has 0 unspecified atom stereocenters. The molecule has 1 aliphatic rings. The number of thiophene rings is 1. The highest BCUT2D eigenvalue weighted by molar-refractivity contribution is 9.10. The van der Waals surface area contributed by atoms with Crippen LogP contribution in [0.2, 0.25) is 0 Å². The van der Waals surface area contributed by atoms with Crippen molar-refractivity contribution in [3.8, 4) is 0 Å². The van der Waals surface area contributed by atoms with Crippen LogP contribution in [0.1, 0.15) is 15.3 Å². The van der Waals surface area contributed by atoms with Crippen LogP contribution in [0.3, 0.4) is 0 Å². The largest absolute Gasteiger partial charge is 0.376 e. The third kappa shape index (κ3) is 1.80. The Bertz CT molecular complexity index is 313. The molecule has 2 heterocycles. The summed E-state index contributed by atoms with van der Waals surface area (Å²) < 4.78 is 6.45. The molecule has 1 aliphatic heterocycles. The maximum absolute atomic E-state index is 8.61. The molecule has 1 aromatic heterocycles. The Morgan fingerprint density at radius 1 is 1.62 bits per heavy atom. The topological polar surface area (TPSA) is 41.5 Å². The third-order valence-corrected chi connectivity index (χ3v) is 4.56. The van der Waals surface area contributed by atoms with Gasteiger partial charge in [0.05, 0.1) is 19.8 Å². The minimum atomic E-state index is 0.498. The van der Waals surface area contributed by atoms with E-state index in [4.69, 9.17) is 9.94 Å². The first-order chi connectivity index (χ1) is 6.33. The summed E-state index contributed by atoms with van der Waals surface area (Å²) in [6, 6.07) is 0. The van der Waals surface area contributed by atoms with Crippen LogP contribution in [-0.4, -0.2) is 11.8 Å². The molecule has 13 heavy (non-hydrogen) atoms. The van der Waals surface area contributed by atoms with E-state index in [0.717, 1.165) is 22.4 Å². The van der Waals surface area contributed by atoms with Crippen LogP contribution in [0, 0.1) is 0 Å². The molecule has 0 saturated heterocycles. The quantitative estimate of drug-likeness (QED) is 0.803. The normalized spacial score (nSPS) is 15.8. The van der Waals surface area contributed by atoms with Gasteiger partial charge in [-0.25, -0.2) is 5.48 Å². The summed E-state index contributed by atoms with van der Waals surface area (Å²) in [7, 11) is 0. The predicted octanol–water partition coefficient (Wildman–Crippen LogP) is 2.06. The van der Waals surface area contributed by atoms with Crippen LogP contribution in [0.15, 0.2) is 4.47 Å². The van der Waals surface area contributed by atoms with Gasteiger partial charge >= 0.3 is 0 Å². The molecule has 1 aromatic rings. The van der Waals surface area contributed by atoms with Crippen LogP contribution in [0.25, 0.3) is 0 Å². The Balaban J connectivity index is 2.33. The first kappa shape index (κ1) is 9.61. The van der Waals surface area contributed by atoms with Gasteiger partial charge in [0.25, 0.3) is 0 Å².